The summed E-state index contributed by atoms with van der Waals surface area (Å²) in [6.07, 6.45) is 3.87. The molecule has 0 fully saturated rings. The molecule has 0 bridgehead atoms. The van der Waals surface area contributed by atoms with Gasteiger partial charge in [-0.1, -0.05) is 36.1 Å². The first-order chi connectivity index (χ1) is 19.7. The van der Waals surface area contributed by atoms with Crippen molar-refractivity contribution in [2.45, 2.75) is 45.6 Å². The van der Waals surface area contributed by atoms with Gasteiger partial charge in [-0.25, -0.2) is 9.59 Å². The minimum Gasteiger partial charge on any atom is -0.508 e. The number of phenolic OH excluding ortho intramolecular Hbond substituents is 1. The van der Waals surface area contributed by atoms with Crippen molar-refractivity contribution in [1.82, 2.24) is 15.6 Å². The van der Waals surface area contributed by atoms with Gasteiger partial charge in [0.05, 0.1) is 5.69 Å². The average Bonchev–Trinajstić information content (AvgIpc) is 3.38. The Bertz CT molecular complexity index is 1570. The standard InChI is InChI=1S/C33H36N4O4/c1-33(2,3)41-32(40)36-19-6-4-5-18-35-31(39)37-28-12-8-10-25(14-13-23-9-7-11-27(38)21-23)30(28)26-16-15-24-17-20-34-29(24)22-26/h7-12,15-17,20-22,34,38H,4-6,18-19H2,1-3H3,(H,36,40)(H2,35,37,39). The fourth-order valence-electron chi connectivity index (χ4n) is 4.30. The van der Waals surface area contributed by atoms with Crippen LogP contribution in [0.5, 0.6) is 5.75 Å². The first kappa shape index (κ1) is 29.1. The van der Waals surface area contributed by atoms with E-state index in [0.29, 0.717) is 24.3 Å². The van der Waals surface area contributed by atoms with Crippen LogP contribution >= 0.6 is 0 Å². The van der Waals surface area contributed by atoms with Crippen molar-refractivity contribution in [2.75, 3.05) is 18.4 Å². The number of alkyl carbamates (subject to hydrolysis) is 1. The molecule has 212 valence electrons. The van der Waals surface area contributed by atoms with Gasteiger partial charge >= 0.3 is 12.1 Å². The summed E-state index contributed by atoms with van der Waals surface area (Å²) < 4.78 is 5.23. The minimum absolute atomic E-state index is 0.153. The van der Waals surface area contributed by atoms with E-state index < -0.39 is 11.7 Å². The first-order valence-electron chi connectivity index (χ1n) is 13.7. The normalized spacial score (nSPS) is 10.9. The van der Waals surface area contributed by atoms with Crippen molar-refractivity contribution in [1.29, 1.82) is 0 Å². The van der Waals surface area contributed by atoms with Crippen LogP contribution in [0, 0.1) is 11.8 Å². The van der Waals surface area contributed by atoms with Gasteiger partial charge in [0.25, 0.3) is 0 Å². The Balaban J connectivity index is 1.41. The number of amides is 3. The van der Waals surface area contributed by atoms with E-state index in [1.807, 2.05) is 75.5 Å². The fourth-order valence-corrected chi connectivity index (χ4v) is 4.30. The maximum atomic E-state index is 12.8. The molecule has 0 saturated carbocycles. The Labute approximate surface area is 240 Å². The van der Waals surface area contributed by atoms with Gasteiger partial charge in [0, 0.05) is 41.5 Å². The molecule has 41 heavy (non-hydrogen) atoms. The molecule has 1 aromatic heterocycles. The van der Waals surface area contributed by atoms with E-state index in [2.05, 4.69) is 32.8 Å². The van der Waals surface area contributed by atoms with E-state index in [1.165, 1.54) is 0 Å². The molecule has 0 spiro atoms. The largest absolute Gasteiger partial charge is 0.508 e. The van der Waals surface area contributed by atoms with E-state index in [-0.39, 0.29) is 11.8 Å². The number of H-pyrrole nitrogens is 1. The summed E-state index contributed by atoms with van der Waals surface area (Å²) in [5, 5.41) is 19.6. The number of aromatic hydroxyl groups is 1. The molecule has 1 heterocycles. The number of unbranched alkanes of at least 4 members (excludes halogenated alkanes) is 2. The molecule has 0 aliphatic heterocycles. The number of fused-ring (bicyclic) bond motifs is 1. The van der Waals surface area contributed by atoms with Crippen LogP contribution < -0.4 is 16.0 Å². The van der Waals surface area contributed by atoms with Crippen LogP contribution in [0.1, 0.15) is 51.2 Å². The predicted octanol–water partition coefficient (Wildman–Crippen LogP) is 6.76. The van der Waals surface area contributed by atoms with Gasteiger partial charge in [0.15, 0.2) is 0 Å². The molecule has 3 aromatic carbocycles. The summed E-state index contributed by atoms with van der Waals surface area (Å²) >= 11 is 0. The highest BCUT2D eigenvalue weighted by Crippen LogP contribution is 2.33. The summed E-state index contributed by atoms with van der Waals surface area (Å²) in [4.78, 5) is 27.8. The number of urea groups is 1. The first-order valence-corrected chi connectivity index (χ1v) is 13.7. The van der Waals surface area contributed by atoms with Gasteiger partial charge in [-0.05, 0) is 93.4 Å². The van der Waals surface area contributed by atoms with Crippen LogP contribution in [0.25, 0.3) is 22.0 Å². The van der Waals surface area contributed by atoms with Gasteiger partial charge in [-0.3, -0.25) is 0 Å². The zero-order valence-electron chi connectivity index (χ0n) is 23.6. The zero-order valence-corrected chi connectivity index (χ0v) is 23.6. The highest BCUT2D eigenvalue weighted by Gasteiger charge is 2.16. The second-order valence-corrected chi connectivity index (χ2v) is 10.7. The second-order valence-electron chi connectivity index (χ2n) is 10.7. The number of anilines is 1. The monoisotopic (exact) mass is 552 g/mol. The lowest BCUT2D eigenvalue weighted by atomic mass is 9.96. The van der Waals surface area contributed by atoms with Gasteiger partial charge in [-0.2, -0.15) is 0 Å². The number of carbonyl (C=O) groups excluding carboxylic acids is 2. The van der Waals surface area contributed by atoms with E-state index in [4.69, 9.17) is 4.74 Å². The van der Waals surface area contributed by atoms with E-state index in [0.717, 1.165) is 46.9 Å². The van der Waals surface area contributed by atoms with Gasteiger partial charge in [0.1, 0.15) is 11.4 Å². The molecular formula is C33H36N4O4. The Morgan fingerprint density at radius 3 is 2.46 bits per heavy atom. The Morgan fingerprint density at radius 2 is 1.68 bits per heavy atom. The van der Waals surface area contributed by atoms with E-state index >= 15 is 0 Å². The van der Waals surface area contributed by atoms with Crippen molar-refractivity contribution < 1.29 is 19.4 Å². The minimum atomic E-state index is -0.520. The molecule has 0 aliphatic rings. The topological polar surface area (TPSA) is 115 Å². The highest BCUT2D eigenvalue weighted by molar-refractivity contribution is 5.97. The number of benzene rings is 3. The highest BCUT2D eigenvalue weighted by atomic mass is 16.6. The molecule has 4 aromatic rings. The number of ether oxygens (including phenoxy) is 1. The van der Waals surface area contributed by atoms with Crippen molar-refractivity contribution in [3.05, 3.63) is 84.1 Å². The Morgan fingerprint density at radius 1 is 0.902 bits per heavy atom. The van der Waals surface area contributed by atoms with E-state index in [1.54, 1.807) is 18.2 Å². The molecule has 3 amide bonds. The van der Waals surface area contributed by atoms with Crippen molar-refractivity contribution >= 4 is 28.7 Å². The second kappa shape index (κ2) is 13.4. The number of aromatic amines is 1. The third kappa shape index (κ3) is 8.80. The third-order valence-electron chi connectivity index (χ3n) is 6.15. The van der Waals surface area contributed by atoms with Crippen LogP contribution in [0.2, 0.25) is 0 Å². The van der Waals surface area contributed by atoms with Crippen LogP contribution in [0.3, 0.4) is 0 Å². The number of aromatic nitrogens is 1. The molecule has 8 nitrogen and oxygen atoms in total. The lowest BCUT2D eigenvalue weighted by Crippen LogP contribution is -2.33. The fraction of sp³-hybridized carbons (Fsp3) is 0.273. The number of carbonyl (C=O) groups is 2. The molecule has 0 unspecified atom stereocenters. The molecule has 0 atom stereocenters. The lowest BCUT2D eigenvalue weighted by Gasteiger charge is -2.19. The SMILES string of the molecule is CC(C)(C)OC(=O)NCCCCCNC(=O)Nc1cccc(C#Cc2cccc(O)c2)c1-c1ccc2cc[nH]c2c1. The van der Waals surface area contributed by atoms with Crippen LogP contribution in [-0.2, 0) is 4.74 Å². The number of nitrogens with one attached hydrogen (secondary N) is 4. The summed E-state index contributed by atoms with van der Waals surface area (Å²) in [6, 6.07) is 20.2. The van der Waals surface area contributed by atoms with E-state index in [9.17, 15) is 14.7 Å². The molecule has 0 aliphatic carbocycles. The Kier molecular flexibility index (Phi) is 9.54. The van der Waals surface area contributed by atoms with Crippen LogP contribution in [0.4, 0.5) is 15.3 Å². The van der Waals surface area contributed by atoms with Crippen molar-refractivity contribution in [3.8, 4) is 28.7 Å². The predicted molar refractivity (Wildman–Crippen MR) is 163 cm³/mol. The van der Waals surface area contributed by atoms with Crippen LogP contribution in [-0.4, -0.2) is 40.9 Å². The quantitative estimate of drug-likeness (QED) is 0.123. The van der Waals surface area contributed by atoms with Gasteiger partial charge < -0.3 is 30.8 Å². The van der Waals surface area contributed by atoms with Gasteiger partial charge in [0.2, 0.25) is 0 Å². The molecule has 4 rings (SSSR count). The third-order valence-corrected chi connectivity index (χ3v) is 6.15. The molecule has 8 heteroatoms. The van der Waals surface area contributed by atoms with Crippen molar-refractivity contribution in [2.24, 2.45) is 0 Å². The maximum Gasteiger partial charge on any atom is 0.407 e. The van der Waals surface area contributed by atoms with Gasteiger partial charge in [-0.15, -0.1) is 0 Å². The number of rotatable bonds is 8. The summed E-state index contributed by atoms with van der Waals surface area (Å²) in [5.74, 6) is 6.50. The molecule has 5 N–H and O–H groups in total. The average molecular weight is 553 g/mol. The number of hydrogen-bond acceptors (Lipinski definition) is 4. The summed E-state index contributed by atoms with van der Waals surface area (Å²) in [7, 11) is 0. The molecular weight excluding hydrogens is 516 g/mol. The smallest absolute Gasteiger partial charge is 0.407 e. The summed E-state index contributed by atoms with van der Waals surface area (Å²) in [6.45, 7) is 6.50. The van der Waals surface area contributed by atoms with Crippen molar-refractivity contribution in [3.63, 3.8) is 0 Å². The maximum absolute atomic E-state index is 12.8. The zero-order chi connectivity index (χ0) is 29.2. The van der Waals surface area contributed by atoms with Crippen LogP contribution in [0.15, 0.2) is 72.9 Å². The molecule has 0 saturated heterocycles. The Hall–Kier alpha value is -4.90. The summed E-state index contributed by atoms with van der Waals surface area (Å²) in [5.41, 5.74) is 4.25. The molecule has 0 radical (unpaired) electrons. The lowest BCUT2D eigenvalue weighted by molar-refractivity contribution is 0.0527. The number of phenols is 1. The number of hydrogen-bond donors (Lipinski definition) is 5.